The first-order valence-corrected chi connectivity index (χ1v) is 6.17. The van der Waals surface area contributed by atoms with E-state index in [4.69, 9.17) is 0 Å². The molecule has 0 saturated carbocycles. The van der Waals surface area contributed by atoms with Crippen LogP contribution in [0.25, 0.3) is 17.2 Å². The highest BCUT2D eigenvalue weighted by atomic mass is 16.1. The van der Waals surface area contributed by atoms with Gasteiger partial charge in [0, 0.05) is 25.9 Å². The number of benzene rings is 1. The van der Waals surface area contributed by atoms with Crippen LogP contribution in [0.3, 0.4) is 0 Å². The SMILES string of the molecule is CC(=O)NCC=Cc1ccc(-c2ccncc2)cc1. The molecular formula is C16H16N2O. The second kappa shape index (κ2) is 6.50. The first-order valence-electron chi connectivity index (χ1n) is 6.17. The number of nitrogens with one attached hydrogen (secondary N) is 1. The van der Waals surface area contributed by atoms with Gasteiger partial charge in [-0.15, -0.1) is 0 Å². The normalized spacial score (nSPS) is 10.6. The predicted octanol–water partition coefficient (Wildman–Crippen LogP) is 2.90. The molecule has 96 valence electrons. The zero-order valence-electron chi connectivity index (χ0n) is 10.8. The third-order valence-corrected chi connectivity index (χ3v) is 2.70. The monoisotopic (exact) mass is 252 g/mol. The molecule has 2 aromatic rings. The molecule has 3 heteroatoms. The summed E-state index contributed by atoms with van der Waals surface area (Å²) in [4.78, 5) is 14.7. The molecule has 0 radical (unpaired) electrons. The van der Waals surface area contributed by atoms with Crippen LogP contribution >= 0.6 is 0 Å². The molecule has 1 aromatic carbocycles. The Morgan fingerprint density at radius 3 is 2.37 bits per heavy atom. The first kappa shape index (κ1) is 13.0. The van der Waals surface area contributed by atoms with Gasteiger partial charge in [0.25, 0.3) is 0 Å². The maximum Gasteiger partial charge on any atom is 0.217 e. The second-order valence-electron chi connectivity index (χ2n) is 4.20. The minimum atomic E-state index is -0.0160. The van der Waals surface area contributed by atoms with Crippen molar-refractivity contribution in [2.24, 2.45) is 0 Å². The van der Waals surface area contributed by atoms with E-state index in [0.29, 0.717) is 6.54 Å². The van der Waals surface area contributed by atoms with Crippen molar-refractivity contribution in [2.75, 3.05) is 6.54 Å². The molecule has 0 aliphatic rings. The Bertz CT molecular complexity index is 559. The zero-order chi connectivity index (χ0) is 13.5. The molecule has 1 aromatic heterocycles. The third kappa shape index (κ3) is 4.07. The van der Waals surface area contributed by atoms with Crippen molar-refractivity contribution >= 4 is 12.0 Å². The van der Waals surface area contributed by atoms with Gasteiger partial charge in [0.1, 0.15) is 0 Å². The van der Waals surface area contributed by atoms with Crippen LogP contribution in [0.4, 0.5) is 0 Å². The number of carbonyl (C=O) groups excluding carboxylic acids is 1. The number of carbonyl (C=O) groups is 1. The number of pyridine rings is 1. The molecule has 1 amide bonds. The van der Waals surface area contributed by atoms with Gasteiger partial charge in [0.2, 0.25) is 5.91 Å². The molecule has 0 aliphatic carbocycles. The fourth-order valence-corrected chi connectivity index (χ4v) is 1.73. The lowest BCUT2D eigenvalue weighted by Gasteiger charge is -2.01. The van der Waals surface area contributed by atoms with Crippen LogP contribution in [0.1, 0.15) is 12.5 Å². The molecule has 0 unspecified atom stereocenters. The van der Waals surface area contributed by atoms with Crippen molar-refractivity contribution in [1.29, 1.82) is 0 Å². The number of aromatic nitrogens is 1. The highest BCUT2D eigenvalue weighted by molar-refractivity contribution is 5.73. The summed E-state index contributed by atoms with van der Waals surface area (Å²) in [6.07, 6.45) is 7.50. The van der Waals surface area contributed by atoms with Crippen LogP contribution in [0.5, 0.6) is 0 Å². The van der Waals surface area contributed by atoms with Gasteiger partial charge in [-0.2, -0.15) is 0 Å². The predicted molar refractivity (Wildman–Crippen MR) is 77.4 cm³/mol. The minimum Gasteiger partial charge on any atom is -0.353 e. The Morgan fingerprint density at radius 1 is 1.11 bits per heavy atom. The van der Waals surface area contributed by atoms with E-state index in [1.54, 1.807) is 12.4 Å². The Kier molecular flexibility index (Phi) is 4.45. The zero-order valence-corrected chi connectivity index (χ0v) is 10.8. The number of rotatable bonds is 4. The van der Waals surface area contributed by atoms with Crippen molar-refractivity contribution in [2.45, 2.75) is 6.92 Å². The van der Waals surface area contributed by atoms with E-state index in [-0.39, 0.29) is 5.91 Å². The van der Waals surface area contributed by atoms with Crippen molar-refractivity contribution in [3.8, 4) is 11.1 Å². The summed E-state index contributed by atoms with van der Waals surface area (Å²) >= 11 is 0. The van der Waals surface area contributed by atoms with Crippen molar-refractivity contribution < 1.29 is 4.79 Å². The number of amides is 1. The Balaban J connectivity index is 2.01. The smallest absolute Gasteiger partial charge is 0.217 e. The summed E-state index contributed by atoms with van der Waals surface area (Å²) in [5.41, 5.74) is 3.44. The standard InChI is InChI=1S/C16H16N2O/c1-13(19)18-10-2-3-14-4-6-15(7-5-14)16-8-11-17-12-9-16/h2-9,11-12H,10H2,1H3,(H,18,19). The fraction of sp³-hybridized carbons (Fsp3) is 0.125. The molecule has 0 bridgehead atoms. The van der Waals surface area contributed by atoms with Gasteiger partial charge in [-0.1, -0.05) is 36.4 Å². The van der Waals surface area contributed by atoms with Crippen LogP contribution in [-0.4, -0.2) is 17.4 Å². The molecule has 0 atom stereocenters. The molecule has 19 heavy (non-hydrogen) atoms. The topological polar surface area (TPSA) is 42.0 Å². The van der Waals surface area contributed by atoms with E-state index in [9.17, 15) is 4.79 Å². The van der Waals surface area contributed by atoms with Gasteiger partial charge >= 0.3 is 0 Å². The van der Waals surface area contributed by atoms with Crippen molar-refractivity contribution in [1.82, 2.24) is 10.3 Å². The minimum absolute atomic E-state index is 0.0160. The van der Waals surface area contributed by atoms with E-state index in [1.165, 1.54) is 12.5 Å². The highest BCUT2D eigenvalue weighted by Crippen LogP contribution is 2.18. The average Bonchev–Trinajstić information content (AvgIpc) is 2.45. The molecular weight excluding hydrogens is 236 g/mol. The summed E-state index contributed by atoms with van der Waals surface area (Å²) in [7, 11) is 0. The van der Waals surface area contributed by atoms with Crippen LogP contribution in [-0.2, 0) is 4.79 Å². The van der Waals surface area contributed by atoms with Gasteiger partial charge in [0.15, 0.2) is 0 Å². The van der Waals surface area contributed by atoms with E-state index >= 15 is 0 Å². The van der Waals surface area contributed by atoms with Gasteiger partial charge in [-0.25, -0.2) is 0 Å². The number of nitrogens with zero attached hydrogens (tertiary/aromatic N) is 1. The molecule has 0 fully saturated rings. The largest absolute Gasteiger partial charge is 0.353 e. The molecule has 1 N–H and O–H groups in total. The maximum absolute atomic E-state index is 10.7. The van der Waals surface area contributed by atoms with Crippen LogP contribution in [0, 0.1) is 0 Å². The van der Waals surface area contributed by atoms with E-state index in [1.807, 2.05) is 24.3 Å². The van der Waals surface area contributed by atoms with Gasteiger partial charge in [-0.05, 0) is 28.8 Å². The Labute approximate surface area is 113 Å². The summed E-state index contributed by atoms with van der Waals surface area (Å²) in [6.45, 7) is 2.07. The summed E-state index contributed by atoms with van der Waals surface area (Å²) in [6, 6.07) is 12.2. The van der Waals surface area contributed by atoms with Crippen LogP contribution in [0.2, 0.25) is 0 Å². The van der Waals surface area contributed by atoms with Crippen molar-refractivity contribution in [3.63, 3.8) is 0 Å². The molecule has 0 saturated heterocycles. The summed E-state index contributed by atoms with van der Waals surface area (Å²) in [5.74, 6) is -0.0160. The van der Waals surface area contributed by atoms with Crippen LogP contribution in [0.15, 0.2) is 54.9 Å². The van der Waals surface area contributed by atoms with Gasteiger partial charge in [-0.3, -0.25) is 9.78 Å². The van der Waals surface area contributed by atoms with E-state index in [2.05, 4.69) is 34.6 Å². The Morgan fingerprint density at radius 2 is 1.74 bits per heavy atom. The quantitative estimate of drug-likeness (QED) is 0.909. The summed E-state index contributed by atoms with van der Waals surface area (Å²) < 4.78 is 0. The second-order valence-corrected chi connectivity index (χ2v) is 4.20. The third-order valence-electron chi connectivity index (χ3n) is 2.70. The highest BCUT2D eigenvalue weighted by Gasteiger charge is 1.95. The lowest BCUT2D eigenvalue weighted by molar-refractivity contribution is -0.118. The van der Waals surface area contributed by atoms with Crippen LogP contribution < -0.4 is 5.32 Å². The number of hydrogen-bond acceptors (Lipinski definition) is 2. The Hall–Kier alpha value is -2.42. The fourth-order valence-electron chi connectivity index (χ4n) is 1.73. The lowest BCUT2D eigenvalue weighted by atomic mass is 10.1. The summed E-state index contributed by atoms with van der Waals surface area (Å²) in [5, 5.41) is 2.72. The molecule has 1 heterocycles. The lowest BCUT2D eigenvalue weighted by Crippen LogP contribution is -2.19. The van der Waals surface area contributed by atoms with E-state index in [0.717, 1.165) is 11.1 Å². The van der Waals surface area contributed by atoms with Crippen molar-refractivity contribution in [3.05, 3.63) is 60.4 Å². The van der Waals surface area contributed by atoms with Gasteiger partial charge in [0.05, 0.1) is 0 Å². The first-order chi connectivity index (χ1) is 9.25. The van der Waals surface area contributed by atoms with E-state index < -0.39 is 0 Å². The molecule has 0 spiro atoms. The average molecular weight is 252 g/mol. The molecule has 3 nitrogen and oxygen atoms in total. The maximum atomic E-state index is 10.7. The number of hydrogen-bond donors (Lipinski definition) is 1. The molecule has 2 rings (SSSR count). The molecule has 0 aliphatic heterocycles. The van der Waals surface area contributed by atoms with Gasteiger partial charge < -0.3 is 5.32 Å².